The predicted octanol–water partition coefficient (Wildman–Crippen LogP) is 2.27. The first-order valence-corrected chi connectivity index (χ1v) is 6.24. The Hall–Kier alpha value is -1.62. The van der Waals surface area contributed by atoms with Gasteiger partial charge in [-0.15, -0.1) is 0 Å². The molecule has 1 atom stereocenters. The van der Waals surface area contributed by atoms with E-state index in [0.29, 0.717) is 12.5 Å². The summed E-state index contributed by atoms with van der Waals surface area (Å²) < 4.78 is 7.23. The predicted molar refractivity (Wildman–Crippen MR) is 69.0 cm³/mol. The Morgan fingerprint density at radius 1 is 1.44 bits per heavy atom. The van der Waals surface area contributed by atoms with Gasteiger partial charge in [0.1, 0.15) is 0 Å². The zero-order valence-electron chi connectivity index (χ0n) is 11.1. The third-order valence-electron chi connectivity index (χ3n) is 2.85. The number of nitrogens with zero attached hydrogens (tertiary/aromatic N) is 3. The Kier molecular flexibility index (Phi) is 3.81. The molecule has 0 aliphatic heterocycles. The third-order valence-corrected chi connectivity index (χ3v) is 2.85. The number of nitrogens with two attached hydrogens (primary N) is 1. The Bertz CT molecular complexity index is 501. The van der Waals surface area contributed by atoms with Crippen LogP contribution in [0, 0.1) is 12.8 Å². The minimum Gasteiger partial charge on any atom is -0.359 e. The van der Waals surface area contributed by atoms with Gasteiger partial charge in [0.15, 0.2) is 5.76 Å². The topological polar surface area (TPSA) is 69.9 Å². The molecular weight excluding hydrogens is 228 g/mol. The molecule has 1 unspecified atom stereocenters. The van der Waals surface area contributed by atoms with Crippen LogP contribution in [0.15, 0.2) is 23.1 Å². The molecule has 5 heteroatoms. The summed E-state index contributed by atoms with van der Waals surface area (Å²) in [6, 6.07) is 1.94. The van der Waals surface area contributed by atoms with Gasteiger partial charge < -0.3 is 14.8 Å². The first-order chi connectivity index (χ1) is 8.56. The molecule has 98 valence electrons. The smallest absolute Gasteiger partial charge is 0.156 e. The minimum absolute atomic E-state index is 0.0107. The fraction of sp³-hybridized carbons (Fsp3) is 0.538. The molecule has 0 aromatic carbocycles. The average Bonchev–Trinajstić information content (AvgIpc) is 2.87. The zero-order valence-corrected chi connectivity index (χ0v) is 11.1. The van der Waals surface area contributed by atoms with Crippen molar-refractivity contribution in [2.24, 2.45) is 11.7 Å². The maximum absolute atomic E-state index is 6.19. The normalized spacial score (nSPS) is 13.2. The lowest BCUT2D eigenvalue weighted by Gasteiger charge is -2.15. The SMILES string of the molecule is Cc1cc(Cn2cncc2C(N)CC(C)C)on1. The molecule has 18 heavy (non-hydrogen) atoms. The van der Waals surface area contributed by atoms with E-state index in [2.05, 4.69) is 24.0 Å². The molecule has 0 spiro atoms. The monoisotopic (exact) mass is 248 g/mol. The number of hydrogen-bond donors (Lipinski definition) is 1. The molecule has 0 saturated carbocycles. The first-order valence-electron chi connectivity index (χ1n) is 6.24. The summed E-state index contributed by atoms with van der Waals surface area (Å²) in [7, 11) is 0. The second-order valence-electron chi connectivity index (χ2n) is 5.12. The van der Waals surface area contributed by atoms with Crippen molar-refractivity contribution in [1.29, 1.82) is 0 Å². The maximum Gasteiger partial charge on any atom is 0.156 e. The van der Waals surface area contributed by atoms with E-state index in [0.717, 1.165) is 23.6 Å². The van der Waals surface area contributed by atoms with Gasteiger partial charge in [-0.2, -0.15) is 0 Å². The van der Waals surface area contributed by atoms with Crippen LogP contribution in [0.2, 0.25) is 0 Å². The summed E-state index contributed by atoms with van der Waals surface area (Å²) in [6.45, 7) is 6.87. The van der Waals surface area contributed by atoms with Crippen molar-refractivity contribution in [3.8, 4) is 0 Å². The van der Waals surface area contributed by atoms with E-state index in [-0.39, 0.29) is 6.04 Å². The summed E-state index contributed by atoms with van der Waals surface area (Å²) >= 11 is 0. The van der Waals surface area contributed by atoms with E-state index < -0.39 is 0 Å². The van der Waals surface area contributed by atoms with Crippen molar-refractivity contribution in [2.75, 3.05) is 0 Å². The molecule has 2 heterocycles. The minimum atomic E-state index is 0.0107. The first kappa shape index (κ1) is 12.8. The van der Waals surface area contributed by atoms with Crippen molar-refractivity contribution >= 4 is 0 Å². The summed E-state index contributed by atoms with van der Waals surface area (Å²) in [5.41, 5.74) is 8.12. The lowest BCUT2D eigenvalue weighted by Crippen LogP contribution is -2.17. The van der Waals surface area contributed by atoms with Gasteiger partial charge in [-0.3, -0.25) is 0 Å². The molecule has 2 aromatic rings. The highest BCUT2D eigenvalue weighted by molar-refractivity contribution is 5.09. The molecule has 0 aliphatic carbocycles. The molecule has 0 aliphatic rings. The van der Waals surface area contributed by atoms with Crippen LogP contribution in [0.25, 0.3) is 0 Å². The van der Waals surface area contributed by atoms with Gasteiger partial charge in [-0.05, 0) is 19.3 Å². The van der Waals surface area contributed by atoms with E-state index in [4.69, 9.17) is 10.3 Å². The highest BCUT2D eigenvalue weighted by Gasteiger charge is 2.14. The van der Waals surface area contributed by atoms with Gasteiger partial charge >= 0.3 is 0 Å². The Labute approximate surface area is 107 Å². The van der Waals surface area contributed by atoms with Crippen molar-refractivity contribution in [2.45, 2.75) is 39.8 Å². The molecule has 2 rings (SSSR count). The van der Waals surface area contributed by atoms with Crippen molar-refractivity contribution in [3.05, 3.63) is 35.7 Å². The van der Waals surface area contributed by atoms with Crippen LogP contribution in [0.5, 0.6) is 0 Å². The highest BCUT2D eigenvalue weighted by atomic mass is 16.5. The molecular formula is C13H20N4O. The van der Waals surface area contributed by atoms with E-state index in [9.17, 15) is 0 Å². The summed E-state index contributed by atoms with van der Waals surface area (Å²) in [6.07, 6.45) is 4.56. The highest BCUT2D eigenvalue weighted by Crippen LogP contribution is 2.19. The van der Waals surface area contributed by atoms with Crippen LogP contribution in [0.1, 0.15) is 43.5 Å². The van der Waals surface area contributed by atoms with Crippen LogP contribution < -0.4 is 5.73 Å². The van der Waals surface area contributed by atoms with E-state index in [1.54, 1.807) is 6.33 Å². The largest absolute Gasteiger partial charge is 0.359 e. The second kappa shape index (κ2) is 5.35. The van der Waals surface area contributed by atoms with E-state index in [1.165, 1.54) is 0 Å². The molecule has 0 radical (unpaired) electrons. The third kappa shape index (κ3) is 2.98. The molecule has 5 nitrogen and oxygen atoms in total. The fourth-order valence-corrected chi connectivity index (χ4v) is 2.06. The molecule has 0 amide bonds. The fourth-order valence-electron chi connectivity index (χ4n) is 2.06. The number of rotatable bonds is 5. The van der Waals surface area contributed by atoms with Gasteiger partial charge in [0.25, 0.3) is 0 Å². The summed E-state index contributed by atoms with van der Waals surface area (Å²) in [5.74, 6) is 1.39. The maximum atomic E-state index is 6.19. The van der Waals surface area contributed by atoms with Gasteiger partial charge in [0, 0.05) is 18.3 Å². The standard InChI is InChI=1S/C13H20N4O/c1-9(2)4-12(14)13-6-15-8-17(13)7-11-5-10(3)16-18-11/h5-6,8-9,12H,4,7,14H2,1-3H3. The van der Waals surface area contributed by atoms with E-state index in [1.807, 2.05) is 23.8 Å². The lowest BCUT2D eigenvalue weighted by atomic mass is 10.0. The molecule has 2 N–H and O–H groups in total. The lowest BCUT2D eigenvalue weighted by molar-refractivity contribution is 0.369. The number of hydrogen-bond acceptors (Lipinski definition) is 4. The summed E-state index contributed by atoms with van der Waals surface area (Å²) in [4.78, 5) is 4.17. The van der Waals surface area contributed by atoms with Gasteiger partial charge in [-0.25, -0.2) is 4.98 Å². The van der Waals surface area contributed by atoms with Gasteiger partial charge in [0.2, 0.25) is 0 Å². The molecule has 2 aromatic heterocycles. The number of imidazole rings is 1. The Morgan fingerprint density at radius 3 is 2.83 bits per heavy atom. The van der Waals surface area contributed by atoms with E-state index >= 15 is 0 Å². The zero-order chi connectivity index (χ0) is 13.1. The van der Waals surface area contributed by atoms with Crippen LogP contribution >= 0.6 is 0 Å². The van der Waals surface area contributed by atoms with Gasteiger partial charge in [-0.1, -0.05) is 19.0 Å². The molecule has 0 bridgehead atoms. The van der Waals surface area contributed by atoms with Crippen LogP contribution in [0.3, 0.4) is 0 Å². The Balaban J connectivity index is 2.12. The van der Waals surface area contributed by atoms with Crippen LogP contribution in [-0.4, -0.2) is 14.7 Å². The number of aryl methyl sites for hydroxylation is 1. The van der Waals surface area contributed by atoms with Crippen LogP contribution in [-0.2, 0) is 6.54 Å². The second-order valence-corrected chi connectivity index (χ2v) is 5.12. The molecule has 0 saturated heterocycles. The van der Waals surface area contributed by atoms with Crippen molar-refractivity contribution in [3.63, 3.8) is 0 Å². The van der Waals surface area contributed by atoms with Gasteiger partial charge in [0.05, 0.1) is 24.3 Å². The Morgan fingerprint density at radius 2 is 2.22 bits per heavy atom. The number of aromatic nitrogens is 3. The molecule has 0 fully saturated rings. The summed E-state index contributed by atoms with van der Waals surface area (Å²) in [5, 5.41) is 3.88. The van der Waals surface area contributed by atoms with Crippen molar-refractivity contribution < 1.29 is 4.52 Å². The van der Waals surface area contributed by atoms with Crippen LogP contribution in [0.4, 0.5) is 0 Å². The van der Waals surface area contributed by atoms with Crippen molar-refractivity contribution in [1.82, 2.24) is 14.7 Å². The quantitative estimate of drug-likeness (QED) is 0.881. The average molecular weight is 248 g/mol.